The van der Waals surface area contributed by atoms with Gasteiger partial charge in [0.25, 0.3) is 0 Å². The molecule has 210 valence electrons. The molecule has 0 N–H and O–H groups in total. The third-order valence-electron chi connectivity index (χ3n) is 7.19. The molecule has 0 spiro atoms. The summed E-state index contributed by atoms with van der Waals surface area (Å²) in [6.45, 7) is 5.57. The van der Waals surface area contributed by atoms with Crippen molar-refractivity contribution in [2.24, 2.45) is 0 Å². The molecule has 0 aromatic heterocycles. The summed E-state index contributed by atoms with van der Waals surface area (Å²) in [7, 11) is 0. The van der Waals surface area contributed by atoms with Crippen molar-refractivity contribution in [1.29, 1.82) is 0 Å². The zero-order valence-electron chi connectivity index (χ0n) is 24.2. The fourth-order valence-electron chi connectivity index (χ4n) is 4.77. The Morgan fingerprint density at radius 3 is 0.771 bits per heavy atom. The largest absolute Gasteiger partial charge is 0.508 e. The van der Waals surface area contributed by atoms with Crippen LogP contribution in [0, 0.1) is 0 Å². The van der Waals surface area contributed by atoms with Crippen molar-refractivity contribution in [3.63, 3.8) is 0 Å². The van der Waals surface area contributed by atoms with Gasteiger partial charge in [0.15, 0.2) is 0 Å². The normalized spacial score (nSPS) is 11.1. The van der Waals surface area contributed by atoms with Crippen LogP contribution in [0.4, 0.5) is 4.79 Å². The molecule has 0 amide bonds. The van der Waals surface area contributed by atoms with Crippen molar-refractivity contribution in [1.82, 2.24) is 0 Å². The first-order valence-electron chi connectivity index (χ1n) is 16.1. The standard InChI is InChI=1S/C32H64O3/c1-3-5-7-9-11-13-15-16-17-18-19-21-23-25-27-29-31-35-32(33)34-30-28-26-24-22-20-14-12-10-8-6-4-2/h3-31H2,1-2H3. The van der Waals surface area contributed by atoms with Crippen molar-refractivity contribution in [2.45, 2.75) is 187 Å². The summed E-state index contributed by atoms with van der Waals surface area (Å²) in [5.41, 5.74) is 0. The third-order valence-corrected chi connectivity index (χ3v) is 7.19. The zero-order valence-corrected chi connectivity index (χ0v) is 24.2. The van der Waals surface area contributed by atoms with E-state index in [0.29, 0.717) is 13.2 Å². The zero-order chi connectivity index (χ0) is 25.5. The second-order valence-electron chi connectivity index (χ2n) is 10.8. The van der Waals surface area contributed by atoms with E-state index >= 15 is 0 Å². The van der Waals surface area contributed by atoms with E-state index in [1.807, 2.05) is 0 Å². The quantitative estimate of drug-likeness (QED) is 0.0762. The van der Waals surface area contributed by atoms with E-state index in [1.165, 1.54) is 148 Å². The van der Waals surface area contributed by atoms with Gasteiger partial charge in [-0.3, -0.25) is 0 Å². The Balaban J connectivity index is 3.13. The van der Waals surface area contributed by atoms with Gasteiger partial charge in [-0.15, -0.1) is 0 Å². The van der Waals surface area contributed by atoms with Crippen molar-refractivity contribution in [3.05, 3.63) is 0 Å². The van der Waals surface area contributed by atoms with Crippen LogP contribution in [-0.4, -0.2) is 19.4 Å². The fourth-order valence-corrected chi connectivity index (χ4v) is 4.77. The first-order chi connectivity index (χ1) is 17.3. The van der Waals surface area contributed by atoms with Gasteiger partial charge in [0, 0.05) is 0 Å². The molecule has 0 rings (SSSR count). The van der Waals surface area contributed by atoms with Gasteiger partial charge in [-0.1, -0.05) is 174 Å². The molecule has 3 heteroatoms. The van der Waals surface area contributed by atoms with E-state index in [-0.39, 0.29) is 0 Å². The molecule has 0 heterocycles. The SMILES string of the molecule is CCCCCCCCCCCCCCCCCCOC(=O)OCCCCCCCCCCCCC. The monoisotopic (exact) mass is 496 g/mol. The molecule has 0 saturated heterocycles. The number of carbonyl (C=O) groups is 1. The molecule has 0 aliphatic rings. The van der Waals surface area contributed by atoms with Gasteiger partial charge in [0.1, 0.15) is 0 Å². The third kappa shape index (κ3) is 31.2. The van der Waals surface area contributed by atoms with Crippen LogP contribution >= 0.6 is 0 Å². The molecule has 0 saturated carbocycles. The lowest BCUT2D eigenvalue weighted by Gasteiger charge is -2.07. The molecule has 0 aromatic rings. The summed E-state index contributed by atoms with van der Waals surface area (Å²) >= 11 is 0. The van der Waals surface area contributed by atoms with E-state index < -0.39 is 6.16 Å². The van der Waals surface area contributed by atoms with Crippen molar-refractivity contribution < 1.29 is 14.3 Å². The highest BCUT2D eigenvalue weighted by Gasteiger charge is 2.03. The fraction of sp³-hybridized carbons (Fsp3) is 0.969. The topological polar surface area (TPSA) is 35.5 Å². The molecule has 0 aromatic carbocycles. The maximum absolute atomic E-state index is 11.6. The molecule has 0 aliphatic carbocycles. The van der Waals surface area contributed by atoms with Gasteiger partial charge in [0.2, 0.25) is 0 Å². The lowest BCUT2D eigenvalue weighted by Crippen LogP contribution is -2.09. The predicted octanol–water partition coefficient (Wildman–Crippen LogP) is 11.7. The summed E-state index contributed by atoms with van der Waals surface area (Å²) in [5.74, 6) is 0. The molecule has 35 heavy (non-hydrogen) atoms. The van der Waals surface area contributed by atoms with Crippen LogP contribution in [0.5, 0.6) is 0 Å². The average Bonchev–Trinajstić information content (AvgIpc) is 2.86. The first-order valence-corrected chi connectivity index (χ1v) is 16.1. The van der Waals surface area contributed by atoms with Gasteiger partial charge >= 0.3 is 6.16 Å². The first kappa shape index (κ1) is 34.3. The molecular weight excluding hydrogens is 432 g/mol. The Morgan fingerprint density at radius 2 is 0.543 bits per heavy atom. The van der Waals surface area contributed by atoms with Gasteiger partial charge in [0.05, 0.1) is 13.2 Å². The Bertz CT molecular complexity index is 396. The minimum atomic E-state index is -0.474. The number of hydrogen-bond acceptors (Lipinski definition) is 3. The van der Waals surface area contributed by atoms with Crippen LogP contribution in [0.2, 0.25) is 0 Å². The van der Waals surface area contributed by atoms with E-state index in [2.05, 4.69) is 13.8 Å². The Kier molecular flexibility index (Phi) is 30.6. The number of hydrogen-bond donors (Lipinski definition) is 0. The molecule has 0 radical (unpaired) electrons. The summed E-state index contributed by atoms with van der Waals surface area (Å²) in [6.07, 6.45) is 35.6. The van der Waals surface area contributed by atoms with Gasteiger partial charge < -0.3 is 9.47 Å². The van der Waals surface area contributed by atoms with Crippen LogP contribution in [0.25, 0.3) is 0 Å². The number of ether oxygens (including phenoxy) is 2. The molecule has 0 aliphatic heterocycles. The van der Waals surface area contributed by atoms with Crippen LogP contribution < -0.4 is 0 Å². The minimum absolute atomic E-state index is 0.474. The van der Waals surface area contributed by atoms with Gasteiger partial charge in [-0.05, 0) is 12.8 Å². The number of carbonyl (C=O) groups excluding carboxylic acids is 1. The summed E-state index contributed by atoms with van der Waals surface area (Å²) < 4.78 is 10.4. The van der Waals surface area contributed by atoms with E-state index in [0.717, 1.165) is 25.7 Å². The van der Waals surface area contributed by atoms with Crippen molar-refractivity contribution in [2.75, 3.05) is 13.2 Å². The van der Waals surface area contributed by atoms with Crippen molar-refractivity contribution in [3.8, 4) is 0 Å². The summed E-state index contributed by atoms with van der Waals surface area (Å²) in [4.78, 5) is 11.6. The van der Waals surface area contributed by atoms with Crippen LogP contribution in [0.1, 0.15) is 187 Å². The lowest BCUT2D eigenvalue weighted by molar-refractivity contribution is 0.0529. The Labute approximate surface area is 220 Å². The predicted molar refractivity (Wildman–Crippen MR) is 153 cm³/mol. The maximum Gasteiger partial charge on any atom is 0.508 e. The molecule has 0 unspecified atom stereocenters. The lowest BCUT2D eigenvalue weighted by atomic mass is 10.0. The molecule has 0 fully saturated rings. The van der Waals surface area contributed by atoms with Gasteiger partial charge in [-0.25, -0.2) is 4.79 Å². The molecule has 3 nitrogen and oxygen atoms in total. The highest BCUT2D eigenvalue weighted by Crippen LogP contribution is 2.14. The second-order valence-corrected chi connectivity index (χ2v) is 10.8. The highest BCUT2D eigenvalue weighted by molar-refractivity contribution is 5.59. The number of rotatable bonds is 29. The van der Waals surface area contributed by atoms with Crippen LogP contribution in [0.15, 0.2) is 0 Å². The molecule has 0 bridgehead atoms. The molecule has 0 atom stereocenters. The number of unbranched alkanes of at least 4 members (excludes halogenated alkanes) is 25. The van der Waals surface area contributed by atoms with Gasteiger partial charge in [-0.2, -0.15) is 0 Å². The summed E-state index contributed by atoms with van der Waals surface area (Å²) in [6, 6.07) is 0. The minimum Gasteiger partial charge on any atom is -0.434 e. The maximum atomic E-state index is 11.6. The van der Waals surface area contributed by atoms with Crippen LogP contribution in [-0.2, 0) is 9.47 Å². The average molecular weight is 497 g/mol. The Hall–Kier alpha value is -0.730. The van der Waals surface area contributed by atoms with Crippen LogP contribution in [0.3, 0.4) is 0 Å². The molecular formula is C32H64O3. The van der Waals surface area contributed by atoms with E-state index in [1.54, 1.807) is 0 Å². The Morgan fingerprint density at radius 1 is 0.343 bits per heavy atom. The van der Waals surface area contributed by atoms with E-state index in [9.17, 15) is 4.79 Å². The summed E-state index contributed by atoms with van der Waals surface area (Å²) in [5, 5.41) is 0. The smallest absolute Gasteiger partial charge is 0.434 e. The van der Waals surface area contributed by atoms with Crippen molar-refractivity contribution >= 4 is 6.16 Å². The highest BCUT2D eigenvalue weighted by atomic mass is 16.7. The van der Waals surface area contributed by atoms with E-state index in [4.69, 9.17) is 9.47 Å². The second kappa shape index (κ2) is 31.3.